The van der Waals surface area contributed by atoms with Gasteiger partial charge in [-0.1, -0.05) is 12.1 Å². The Labute approximate surface area is 139 Å². The van der Waals surface area contributed by atoms with Crippen molar-refractivity contribution < 1.29 is 0 Å². The van der Waals surface area contributed by atoms with Crippen LogP contribution in [0, 0.1) is 20.8 Å². The number of nitrogens with one attached hydrogen (secondary N) is 2. The van der Waals surface area contributed by atoms with E-state index in [0.717, 1.165) is 23.7 Å². The van der Waals surface area contributed by atoms with Crippen molar-refractivity contribution in [1.82, 2.24) is 19.7 Å². The number of imidazole rings is 1. The second-order valence-electron chi connectivity index (χ2n) is 6.07. The van der Waals surface area contributed by atoms with Crippen molar-refractivity contribution in [3.63, 3.8) is 0 Å². The third-order valence-electron chi connectivity index (χ3n) is 4.24. The normalized spacial score (nSPS) is 11.8. The van der Waals surface area contributed by atoms with Gasteiger partial charge in [-0.3, -0.25) is 4.40 Å². The summed E-state index contributed by atoms with van der Waals surface area (Å²) >= 11 is 1.74. The van der Waals surface area contributed by atoms with Crippen LogP contribution in [-0.2, 0) is 13.1 Å². The molecule has 0 saturated heterocycles. The molecule has 0 bridgehead atoms. The lowest BCUT2D eigenvalue weighted by molar-refractivity contribution is 0.675. The molecule has 23 heavy (non-hydrogen) atoms. The maximum atomic E-state index is 4.65. The van der Waals surface area contributed by atoms with Crippen LogP contribution in [-0.4, -0.2) is 14.4 Å². The van der Waals surface area contributed by atoms with E-state index in [0.29, 0.717) is 0 Å². The monoisotopic (exact) mass is 324 g/mol. The highest BCUT2D eigenvalue weighted by molar-refractivity contribution is 7.17. The van der Waals surface area contributed by atoms with Crippen molar-refractivity contribution in [2.24, 2.45) is 0 Å². The van der Waals surface area contributed by atoms with Crippen molar-refractivity contribution in [1.29, 1.82) is 0 Å². The molecule has 0 spiro atoms. The molecule has 1 aromatic carbocycles. The maximum Gasteiger partial charge on any atom is 0.194 e. The molecule has 0 saturated carbocycles. The topological polar surface area (TPSA) is 45.1 Å². The standard InChI is InChI=1S/C18H20N4S/c1-11-7-15-14(5-4-6-16(15)20-11)8-19-9-17-13(3)21-18-22(17)10-12(2)23-18/h4-7,10,19-20H,8-9H2,1-3H3. The summed E-state index contributed by atoms with van der Waals surface area (Å²) in [6.45, 7) is 7.99. The van der Waals surface area contributed by atoms with Crippen molar-refractivity contribution in [3.05, 3.63) is 58.0 Å². The van der Waals surface area contributed by atoms with Crippen LogP contribution < -0.4 is 5.32 Å². The molecule has 4 nitrogen and oxygen atoms in total. The van der Waals surface area contributed by atoms with Gasteiger partial charge in [0.15, 0.2) is 4.96 Å². The van der Waals surface area contributed by atoms with Crippen molar-refractivity contribution in [2.45, 2.75) is 33.9 Å². The molecule has 0 amide bonds. The lowest BCUT2D eigenvalue weighted by Crippen LogP contribution is -2.14. The Balaban J connectivity index is 1.55. The third-order valence-corrected chi connectivity index (χ3v) is 5.14. The number of hydrogen-bond acceptors (Lipinski definition) is 3. The minimum Gasteiger partial charge on any atom is -0.359 e. The van der Waals surface area contributed by atoms with Crippen LogP contribution in [0.4, 0.5) is 0 Å². The predicted octanol–water partition coefficient (Wildman–Crippen LogP) is 4.09. The average Bonchev–Trinajstić information content (AvgIpc) is 3.12. The number of fused-ring (bicyclic) bond motifs is 2. The van der Waals surface area contributed by atoms with Crippen LogP contribution in [0.1, 0.15) is 27.5 Å². The summed E-state index contributed by atoms with van der Waals surface area (Å²) in [5.74, 6) is 0. The van der Waals surface area contributed by atoms with E-state index in [2.05, 4.69) is 70.9 Å². The Morgan fingerprint density at radius 2 is 2.09 bits per heavy atom. The molecule has 0 radical (unpaired) electrons. The summed E-state index contributed by atoms with van der Waals surface area (Å²) in [6.07, 6.45) is 2.17. The van der Waals surface area contributed by atoms with Gasteiger partial charge in [0.05, 0.1) is 11.4 Å². The van der Waals surface area contributed by atoms with E-state index in [1.165, 1.54) is 32.7 Å². The fourth-order valence-corrected chi connectivity index (χ4v) is 4.04. The molecule has 0 unspecified atom stereocenters. The van der Waals surface area contributed by atoms with Gasteiger partial charge in [-0.05, 0) is 38.5 Å². The van der Waals surface area contributed by atoms with Crippen molar-refractivity contribution >= 4 is 27.2 Å². The first-order valence-corrected chi connectivity index (χ1v) is 8.65. The highest BCUT2D eigenvalue weighted by Crippen LogP contribution is 2.22. The van der Waals surface area contributed by atoms with Crippen molar-refractivity contribution in [3.8, 4) is 0 Å². The Morgan fingerprint density at radius 1 is 1.22 bits per heavy atom. The number of H-pyrrole nitrogens is 1. The number of nitrogens with zero attached hydrogens (tertiary/aromatic N) is 2. The van der Waals surface area contributed by atoms with E-state index >= 15 is 0 Å². The molecule has 3 heterocycles. The molecule has 2 N–H and O–H groups in total. The van der Waals surface area contributed by atoms with Crippen LogP contribution in [0.25, 0.3) is 15.9 Å². The minimum absolute atomic E-state index is 0.822. The molecule has 0 aliphatic heterocycles. The molecule has 4 aromatic rings. The number of benzene rings is 1. The summed E-state index contributed by atoms with van der Waals surface area (Å²) in [5.41, 5.74) is 6.10. The highest BCUT2D eigenvalue weighted by atomic mass is 32.1. The SMILES string of the molecule is Cc1cc2c(CNCc3c(C)nc4sc(C)cn34)cccc2[nH]1. The number of hydrogen-bond donors (Lipinski definition) is 2. The number of aromatic nitrogens is 3. The molecule has 3 aromatic heterocycles. The molecule has 0 fully saturated rings. The number of aryl methyl sites for hydroxylation is 3. The Kier molecular flexibility index (Phi) is 3.47. The molecule has 0 atom stereocenters. The molecule has 0 aliphatic rings. The average molecular weight is 324 g/mol. The lowest BCUT2D eigenvalue weighted by atomic mass is 10.1. The van der Waals surface area contributed by atoms with E-state index in [9.17, 15) is 0 Å². The third kappa shape index (κ3) is 2.56. The molecule has 4 rings (SSSR count). The van der Waals surface area contributed by atoms with Gasteiger partial charge in [-0.15, -0.1) is 11.3 Å². The minimum atomic E-state index is 0.822. The molecular weight excluding hydrogens is 304 g/mol. The van der Waals surface area contributed by atoms with Gasteiger partial charge in [-0.2, -0.15) is 0 Å². The first kappa shape index (κ1) is 14.5. The van der Waals surface area contributed by atoms with E-state index in [4.69, 9.17) is 0 Å². The number of thiazole rings is 1. The fourth-order valence-electron chi connectivity index (χ4n) is 3.15. The Morgan fingerprint density at radius 3 is 2.96 bits per heavy atom. The van der Waals surface area contributed by atoms with Crippen LogP contribution in [0.2, 0.25) is 0 Å². The maximum absolute atomic E-state index is 4.65. The van der Waals surface area contributed by atoms with Gasteiger partial charge in [0.2, 0.25) is 0 Å². The van der Waals surface area contributed by atoms with Gasteiger partial charge >= 0.3 is 0 Å². The van der Waals surface area contributed by atoms with Crippen LogP contribution >= 0.6 is 11.3 Å². The summed E-state index contributed by atoms with van der Waals surface area (Å²) in [4.78, 5) is 10.4. The highest BCUT2D eigenvalue weighted by Gasteiger charge is 2.11. The van der Waals surface area contributed by atoms with Gasteiger partial charge in [-0.25, -0.2) is 4.98 Å². The van der Waals surface area contributed by atoms with E-state index < -0.39 is 0 Å². The lowest BCUT2D eigenvalue weighted by Gasteiger charge is -2.07. The first-order chi connectivity index (χ1) is 11.1. The van der Waals surface area contributed by atoms with E-state index in [-0.39, 0.29) is 0 Å². The molecule has 0 aliphatic carbocycles. The van der Waals surface area contributed by atoms with Crippen LogP contribution in [0.15, 0.2) is 30.5 Å². The van der Waals surface area contributed by atoms with E-state index in [1.54, 1.807) is 11.3 Å². The Bertz CT molecular complexity index is 989. The largest absolute Gasteiger partial charge is 0.359 e. The van der Waals surface area contributed by atoms with Crippen LogP contribution in [0.3, 0.4) is 0 Å². The van der Waals surface area contributed by atoms with Crippen molar-refractivity contribution in [2.75, 3.05) is 0 Å². The fraction of sp³-hybridized carbons (Fsp3) is 0.278. The first-order valence-electron chi connectivity index (χ1n) is 7.84. The second-order valence-corrected chi connectivity index (χ2v) is 7.29. The predicted molar refractivity (Wildman–Crippen MR) is 96.1 cm³/mol. The molecule has 5 heteroatoms. The zero-order valence-electron chi connectivity index (χ0n) is 13.6. The van der Waals surface area contributed by atoms with Gasteiger partial charge in [0, 0.05) is 40.8 Å². The Hall–Kier alpha value is -2.11. The summed E-state index contributed by atoms with van der Waals surface area (Å²) in [7, 11) is 0. The second kappa shape index (κ2) is 5.51. The van der Waals surface area contributed by atoms with Gasteiger partial charge in [0.25, 0.3) is 0 Å². The van der Waals surface area contributed by atoms with Gasteiger partial charge in [0.1, 0.15) is 0 Å². The summed E-state index contributed by atoms with van der Waals surface area (Å²) < 4.78 is 2.21. The molecule has 118 valence electrons. The zero-order valence-corrected chi connectivity index (χ0v) is 14.4. The van der Waals surface area contributed by atoms with Crippen LogP contribution in [0.5, 0.6) is 0 Å². The number of rotatable bonds is 4. The zero-order chi connectivity index (χ0) is 16.0. The quantitative estimate of drug-likeness (QED) is 0.594. The van der Waals surface area contributed by atoms with Gasteiger partial charge < -0.3 is 10.3 Å². The van der Waals surface area contributed by atoms with E-state index in [1.807, 2.05) is 0 Å². The summed E-state index contributed by atoms with van der Waals surface area (Å²) in [5, 5.41) is 4.88. The number of aromatic amines is 1. The smallest absolute Gasteiger partial charge is 0.194 e. The molecular formula is C18H20N4S. The summed E-state index contributed by atoms with van der Waals surface area (Å²) in [6, 6.07) is 8.65.